The van der Waals surface area contributed by atoms with Crippen molar-refractivity contribution < 1.29 is 9.52 Å². The lowest BCUT2D eigenvalue weighted by Gasteiger charge is -2.32. The molecule has 0 amide bonds. The van der Waals surface area contributed by atoms with Crippen molar-refractivity contribution in [2.45, 2.75) is 38.7 Å². The van der Waals surface area contributed by atoms with Gasteiger partial charge in [-0.2, -0.15) is 0 Å². The zero-order valence-electron chi connectivity index (χ0n) is 9.47. The SMILES string of the molecule is Cc1cc(CC2(O)CCNCC2)c(C)o1. The molecule has 15 heavy (non-hydrogen) atoms. The number of piperidine rings is 1. The Kier molecular flexibility index (Phi) is 2.85. The van der Waals surface area contributed by atoms with E-state index in [0.717, 1.165) is 49.4 Å². The molecule has 2 N–H and O–H groups in total. The van der Waals surface area contributed by atoms with E-state index >= 15 is 0 Å². The lowest BCUT2D eigenvalue weighted by molar-refractivity contribution is 0.0106. The summed E-state index contributed by atoms with van der Waals surface area (Å²) in [5.74, 6) is 1.87. The molecule has 84 valence electrons. The van der Waals surface area contributed by atoms with E-state index in [-0.39, 0.29) is 0 Å². The van der Waals surface area contributed by atoms with E-state index in [4.69, 9.17) is 4.42 Å². The first kappa shape index (κ1) is 10.7. The van der Waals surface area contributed by atoms with E-state index in [0.29, 0.717) is 0 Å². The smallest absolute Gasteiger partial charge is 0.104 e. The van der Waals surface area contributed by atoms with Crippen LogP contribution in [0.1, 0.15) is 29.9 Å². The van der Waals surface area contributed by atoms with Crippen LogP contribution in [0, 0.1) is 13.8 Å². The first-order chi connectivity index (χ1) is 7.09. The van der Waals surface area contributed by atoms with Gasteiger partial charge in [0.05, 0.1) is 5.60 Å². The van der Waals surface area contributed by atoms with Crippen molar-refractivity contribution >= 4 is 0 Å². The number of hydrogen-bond donors (Lipinski definition) is 2. The van der Waals surface area contributed by atoms with Crippen molar-refractivity contribution in [1.82, 2.24) is 5.32 Å². The Hall–Kier alpha value is -0.800. The van der Waals surface area contributed by atoms with E-state index in [1.807, 2.05) is 19.9 Å². The van der Waals surface area contributed by atoms with Gasteiger partial charge >= 0.3 is 0 Å². The van der Waals surface area contributed by atoms with Crippen molar-refractivity contribution in [3.63, 3.8) is 0 Å². The summed E-state index contributed by atoms with van der Waals surface area (Å²) >= 11 is 0. The molecule has 0 bridgehead atoms. The molecule has 2 heterocycles. The van der Waals surface area contributed by atoms with Crippen LogP contribution >= 0.6 is 0 Å². The van der Waals surface area contributed by atoms with Crippen molar-refractivity contribution in [3.05, 3.63) is 23.2 Å². The minimum atomic E-state index is -0.535. The maximum absolute atomic E-state index is 10.4. The second kappa shape index (κ2) is 3.99. The lowest BCUT2D eigenvalue weighted by atomic mass is 9.86. The number of nitrogens with one attached hydrogen (secondary N) is 1. The van der Waals surface area contributed by atoms with E-state index in [9.17, 15) is 5.11 Å². The summed E-state index contributed by atoms with van der Waals surface area (Å²) in [7, 11) is 0. The quantitative estimate of drug-likeness (QED) is 0.777. The van der Waals surface area contributed by atoms with Crippen molar-refractivity contribution in [2.24, 2.45) is 0 Å². The summed E-state index contributed by atoms with van der Waals surface area (Å²) in [6, 6.07) is 2.04. The summed E-state index contributed by atoms with van der Waals surface area (Å²) in [6.07, 6.45) is 2.38. The van der Waals surface area contributed by atoms with Gasteiger partial charge in [-0.1, -0.05) is 0 Å². The summed E-state index contributed by atoms with van der Waals surface area (Å²) < 4.78 is 5.47. The van der Waals surface area contributed by atoms with E-state index in [1.165, 1.54) is 0 Å². The highest BCUT2D eigenvalue weighted by atomic mass is 16.3. The fraction of sp³-hybridized carbons (Fsp3) is 0.667. The second-order valence-corrected chi connectivity index (χ2v) is 4.59. The predicted molar refractivity (Wildman–Crippen MR) is 58.9 cm³/mol. The number of hydrogen-bond acceptors (Lipinski definition) is 3. The third-order valence-corrected chi connectivity index (χ3v) is 3.20. The third-order valence-electron chi connectivity index (χ3n) is 3.20. The Balaban J connectivity index is 2.09. The fourth-order valence-electron chi connectivity index (χ4n) is 2.28. The highest BCUT2D eigenvalue weighted by Crippen LogP contribution is 2.26. The summed E-state index contributed by atoms with van der Waals surface area (Å²) in [5.41, 5.74) is 0.615. The molecule has 3 nitrogen and oxygen atoms in total. The van der Waals surface area contributed by atoms with Gasteiger partial charge in [-0.15, -0.1) is 0 Å². The van der Waals surface area contributed by atoms with Crippen molar-refractivity contribution in [2.75, 3.05) is 13.1 Å². The van der Waals surface area contributed by atoms with E-state index < -0.39 is 5.60 Å². The highest BCUT2D eigenvalue weighted by Gasteiger charge is 2.30. The lowest BCUT2D eigenvalue weighted by Crippen LogP contribution is -2.43. The monoisotopic (exact) mass is 209 g/mol. The molecule has 1 aliphatic heterocycles. The summed E-state index contributed by atoms with van der Waals surface area (Å²) in [4.78, 5) is 0. The van der Waals surface area contributed by atoms with Crippen LogP contribution in [-0.4, -0.2) is 23.8 Å². The maximum atomic E-state index is 10.4. The minimum absolute atomic E-state index is 0.535. The number of furan rings is 1. The van der Waals surface area contributed by atoms with E-state index in [1.54, 1.807) is 0 Å². The van der Waals surface area contributed by atoms with Crippen LogP contribution < -0.4 is 5.32 Å². The molecule has 1 aromatic heterocycles. The van der Waals surface area contributed by atoms with Crippen LogP contribution in [0.25, 0.3) is 0 Å². The Labute approximate surface area is 90.5 Å². The van der Waals surface area contributed by atoms with Crippen LogP contribution in [0.5, 0.6) is 0 Å². The molecule has 1 fully saturated rings. The molecule has 0 unspecified atom stereocenters. The van der Waals surface area contributed by atoms with Crippen molar-refractivity contribution in [3.8, 4) is 0 Å². The molecular weight excluding hydrogens is 190 g/mol. The van der Waals surface area contributed by atoms with Crippen LogP contribution in [0.2, 0.25) is 0 Å². The number of aryl methyl sites for hydroxylation is 2. The van der Waals surface area contributed by atoms with Gasteiger partial charge in [0.2, 0.25) is 0 Å². The van der Waals surface area contributed by atoms with Crippen molar-refractivity contribution in [1.29, 1.82) is 0 Å². The van der Waals surface area contributed by atoms with Gasteiger partial charge in [0, 0.05) is 6.42 Å². The fourth-order valence-corrected chi connectivity index (χ4v) is 2.28. The van der Waals surface area contributed by atoms with Gasteiger partial charge in [0.25, 0.3) is 0 Å². The van der Waals surface area contributed by atoms with Crippen LogP contribution in [-0.2, 0) is 6.42 Å². The second-order valence-electron chi connectivity index (χ2n) is 4.59. The van der Waals surface area contributed by atoms with Crippen LogP contribution in [0.3, 0.4) is 0 Å². The third kappa shape index (κ3) is 2.41. The summed E-state index contributed by atoms with van der Waals surface area (Å²) in [5, 5.41) is 13.6. The standard InChI is InChI=1S/C12H19NO2/c1-9-7-11(10(2)15-9)8-12(14)3-5-13-6-4-12/h7,13-14H,3-6,8H2,1-2H3. The molecule has 0 spiro atoms. The molecule has 0 aliphatic carbocycles. The van der Waals surface area contributed by atoms with Gasteiger partial charge in [-0.25, -0.2) is 0 Å². The molecule has 0 saturated carbocycles. The highest BCUT2D eigenvalue weighted by molar-refractivity contribution is 5.22. The normalized spacial score (nSPS) is 20.5. The molecule has 3 heteroatoms. The first-order valence-electron chi connectivity index (χ1n) is 5.58. The largest absolute Gasteiger partial charge is 0.466 e. The summed E-state index contributed by atoms with van der Waals surface area (Å²) in [6.45, 7) is 5.73. The van der Waals surface area contributed by atoms with E-state index in [2.05, 4.69) is 5.32 Å². The minimum Gasteiger partial charge on any atom is -0.466 e. The molecule has 0 atom stereocenters. The average Bonchev–Trinajstić information content (AvgIpc) is 2.45. The zero-order chi connectivity index (χ0) is 10.9. The van der Waals surface area contributed by atoms with Crippen LogP contribution in [0.15, 0.2) is 10.5 Å². The molecule has 1 aliphatic rings. The molecule has 0 radical (unpaired) electrons. The van der Waals surface area contributed by atoms with Gasteiger partial charge in [-0.05, 0) is 51.4 Å². The van der Waals surface area contributed by atoms with Gasteiger partial charge in [0.1, 0.15) is 11.5 Å². The molecule has 1 aromatic rings. The number of aliphatic hydroxyl groups is 1. The molecule has 0 aromatic carbocycles. The Morgan fingerprint density at radius 3 is 2.60 bits per heavy atom. The van der Waals surface area contributed by atoms with Gasteiger partial charge < -0.3 is 14.8 Å². The Morgan fingerprint density at radius 1 is 1.40 bits per heavy atom. The maximum Gasteiger partial charge on any atom is 0.104 e. The topological polar surface area (TPSA) is 45.4 Å². The Morgan fingerprint density at radius 2 is 2.07 bits per heavy atom. The molecule has 2 rings (SSSR count). The zero-order valence-corrected chi connectivity index (χ0v) is 9.47. The average molecular weight is 209 g/mol. The number of rotatable bonds is 2. The van der Waals surface area contributed by atoms with Crippen LogP contribution in [0.4, 0.5) is 0 Å². The predicted octanol–water partition coefficient (Wildman–Crippen LogP) is 1.55. The molecule has 1 saturated heterocycles. The Bertz CT molecular complexity index is 337. The first-order valence-corrected chi connectivity index (χ1v) is 5.58. The van der Waals surface area contributed by atoms with Gasteiger partial charge in [-0.3, -0.25) is 0 Å². The van der Waals surface area contributed by atoms with Gasteiger partial charge in [0.15, 0.2) is 0 Å². The molecular formula is C12H19NO2.